The third-order valence-electron chi connectivity index (χ3n) is 3.26. The lowest BCUT2D eigenvalue weighted by Gasteiger charge is -2.35. The molecule has 0 bridgehead atoms. The molecule has 4 nitrogen and oxygen atoms in total. The zero-order chi connectivity index (χ0) is 13.0. The third kappa shape index (κ3) is 3.38. The molecule has 1 aliphatic heterocycles. The molecule has 0 unspecified atom stereocenters. The van der Waals surface area contributed by atoms with Gasteiger partial charge >= 0.3 is 0 Å². The van der Waals surface area contributed by atoms with Crippen LogP contribution in [0, 0.1) is 13.8 Å². The Morgan fingerprint density at radius 3 is 2.50 bits per heavy atom. The van der Waals surface area contributed by atoms with Crippen molar-refractivity contribution in [3.8, 4) is 0 Å². The summed E-state index contributed by atoms with van der Waals surface area (Å²) in [7, 11) is 0. The van der Waals surface area contributed by atoms with Crippen molar-refractivity contribution in [3.63, 3.8) is 0 Å². The molecule has 0 amide bonds. The molecule has 1 aromatic rings. The maximum absolute atomic E-state index is 12.1. The number of halogens is 1. The first-order valence-electron chi connectivity index (χ1n) is 6.54. The predicted octanol–water partition coefficient (Wildman–Crippen LogP) is 1.58. The first kappa shape index (κ1) is 13.2. The van der Waals surface area contributed by atoms with Crippen molar-refractivity contribution in [2.45, 2.75) is 20.3 Å². The number of hydrogen-bond donors (Lipinski definition) is 0. The van der Waals surface area contributed by atoms with Crippen molar-refractivity contribution in [2.75, 3.05) is 44.3 Å². The van der Waals surface area contributed by atoms with E-state index in [9.17, 15) is 4.39 Å². The van der Waals surface area contributed by atoms with Gasteiger partial charge in [-0.15, -0.1) is 0 Å². The first-order chi connectivity index (χ1) is 8.69. The van der Waals surface area contributed by atoms with Crippen LogP contribution in [-0.4, -0.2) is 54.3 Å². The predicted molar refractivity (Wildman–Crippen MR) is 70.8 cm³/mol. The Morgan fingerprint density at radius 2 is 1.89 bits per heavy atom. The number of alkyl halides is 1. The monoisotopic (exact) mass is 252 g/mol. The molecule has 2 heterocycles. The van der Waals surface area contributed by atoms with Gasteiger partial charge in [0.1, 0.15) is 11.6 Å². The van der Waals surface area contributed by atoms with Gasteiger partial charge < -0.3 is 4.90 Å². The first-order valence-corrected chi connectivity index (χ1v) is 6.54. The second kappa shape index (κ2) is 6.09. The number of aromatic nitrogens is 2. The molecular formula is C13H21FN4. The van der Waals surface area contributed by atoms with E-state index < -0.39 is 0 Å². The quantitative estimate of drug-likeness (QED) is 0.814. The van der Waals surface area contributed by atoms with Gasteiger partial charge in [-0.25, -0.2) is 9.97 Å². The second-order valence-electron chi connectivity index (χ2n) is 4.79. The van der Waals surface area contributed by atoms with E-state index in [2.05, 4.69) is 19.8 Å². The van der Waals surface area contributed by atoms with Crippen LogP contribution in [0.15, 0.2) is 6.07 Å². The Morgan fingerprint density at radius 1 is 1.17 bits per heavy atom. The van der Waals surface area contributed by atoms with E-state index in [0.717, 1.165) is 50.1 Å². The van der Waals surface area contributed by atoms with Crippen LogP contribution in [0.1, 0.15) is 17.9 Å². The van der Waals surface area contributed by atoms with Crippen LogP contribution < -0.4 is 4.90 Å². The van der Waals surface area contributed by atoms with Gasteiger partial charge in [-0.05, 0) is 20.3 Å². The SMILES string of the molecule is Cc1cc(N2CCN(CCCF)CC2)nc(C)n1. The molecule has 0 radical (unpaired) electrons. The number of piperazine rings is 1. The third-order valence-corrected chi connectivity index (χ3v) is 3.26. The molecule has 0 aliphatic carbocycles. The molecule has 1 aliphatic rings. The fraction of sp³-hybridized carbons (Fsp3) is 0.692. The molecule has 100 valence electrons. The average Bonchev–Trinajstić information content (AvgIpc) is 2.36. The van der Waals surface area contributed by atoms with Crippen molar-refractivity contribution < 1.29 is 4.39 Å². The van der Waals surface area contributed by atoms with Crippen LogP contribution in [0.3, 0.4) is 0 Å². The summed E-state index contributed by atoms with van der Waals surface area (Å²) in [6.07, 6.45) is 0.645. The van der Waals surface area contributed by atoms with E-state index in [1.54, 1.807) is 0 Å². The fourth-order valence-corrected chi connectivity index (χ4v) is 2.34. The van der Waals surface area contributed by atoms with Gasteiger partial charge in [0, 0.05) is 44.5 Å². The Labute approximate surface area is 108 Å². The average molecular weight is 252 g/mol. The molecule has 0 atom stereocenters. The number of nitrogens with zero attached hydrogens (tertiary/aromatic N) is 4. The highest BCUT2D eigenvalue weighted by Gasteiger charge is 2.18. The summed E-state index contributed by atoms with van der Waals surface area (Å²) in [5.74, 6) is 1.84. The molecule has 18 heavy (non-hydrogen) atoms. The van der Waals surface area contributed by atoms with Gasteiger partial charge in [-0.2, -0.15) is 0 Å². The Kier molecular flexibility index (Phi) is 4.47. The van der Waals surface area contributed by atoms with Gasteiger partial charge in [0.15, 0.2) is 0 Å². The van der Waals surface area contributed by atoms with E-state index >= 15 is 0 Å². The van der Waals surface area contributed by atoms with E-state index in [-0.39, 0.29) is 6.67 Å². The maximum atomic E-state index is 12.1. The fourth-order valence-electron chi connectivity index (χ4n) is 2.34. The zero-order valence-electron chi connectivity index (χ0n) is 11.2. The highest BCUT2D eigenvalue weighted by atomic mass is 19.1. The minimum Gasteiger partial charge on any atom is -0.354 e. The molecule has 5 heteroatoms. The maximum Gasteiger partial charge on any atom is 0.132 e. The van der Waals surface area contributed by atoms with Crippen molar-refractivity contribution in [1.29, 1.82) is 0 Å². The largest absolute Gasteiger partial charge is 0.354 e. The molecule has 0 spiro atoms. The van der Waals surface area contributed by atoms with Crippen LogP contribution in [0.2, 0.25) is 0 Å². The van der Waals surface area contributed by atoms with E-state index in [0.29, 0.717) is 6.42 Å². The summed E-state index contributed by atoms with van der Waals surface area (Å²) in [4.78, 5) is 13.4. The van der Waals surface area contributed by atoms with Crippen LogP contribution in [-0.2, 0) is 0 Å². The zero-order valence-corrected chi connectivity index (χ0v) is 11.2. The Bertz CT molecular complexity index is 368. The Balaban J connectivity index is 1.92. The summed E-state index contributed by atoms with van der Waals surface area (Å²) < 4.78 is 12.1. The number of hydrogen-bond acceptors (Lipinski definition) is 4. The normalized spacial score (nSPS) is 17.2. The van der Waals surface area contributed by atoms with Gasteiger partial charge in [0.05, 0.1) is 6.67 Å². The summed E-state index contributed by atoms with van der Waals surface area (Å²) in [5, 5.41) is 0. The summed E-state index contributed by atoms with van der Waals surface area (Å²) in [6, 6.07) is 2.03. The van der Waals surface area contributed by atoms with Crippen molar-refractivity contribution >= 4 is 5.82 Å². The molecule has 2 rings (SSSR count). The van der Waals surface area contributed by atoms with Gasteiger partial charge in [-0.3, -0.25) is 9.29 Å². The summed E-state index contributed by atoms with van der Waals surface area (Å²) >= 11 is 0. The topological polar surface area (TPSA) is 32.3 Å². The summed E-state index contributed by atoms with van der Waals surface area (Å²) in [6.45, 7) is 8.47. The van der Waals surface area contributed by atoms with Crippen LogP contribution in [0.25, 0.3) is 0 Å². The molecule has 1 saturated heterocycles. The van der Waals surface area contributed by atoms with Crippen LogP contribution in [0.4, 0.5) is 10.2 Å². The lowest BCUT2D eigenvalue weighted by atomic mass is 10.3. The number of anilines is 1. The molecule has 1 fully saturated rings. The van der Waals surface area contributed by atoms with E-state index in [1.807, 2.05) is 19.9 Å². The van der Waals surface area contributed by atoms with Crippen molar-refractivity contribution in [3.05, 3.63) is 17.6 Å². The minimum atomic E-state index is -0.218. The van der Waals surface area contributed by atoms with Gasteiger partial charge in [0.2, 0.25) is 0 Å². The molecular weight excluding hydrogens is 231 g/mol. The Hall–Kier alpha value is -1.23. The molecule has 0 aromatic carbocycles. The highest BCUT2D eigenvalue weighted by molar-refractivity contribution is 5.40. The van der Waals surface area contributed by atoms with Gasteiger partial charge in [0.25, 0.3) is 0 Å². The lowest BCUT2D eigenvalue weighted by Crippen LogP contribution is -2.47. The second-order valence-corrected chi connectivity index (χ2v) is 4.79. The smallest absolute Gasteiger partial charge is 0.132 e. The highest BCUT2D eigenvalue weighted by Crippen LogP contribution is 2.14. The van der Waals surface area contributed by atoms with E-state index in [1.165, 1.54) is 0 Å². The molecule has 0 saturated carbocycles. The van der Waals surface area contributed by atoms with Gasteiger partial charge in [-0.1, -0.05) is 0 Å². The van der Waals surface area contributed by atoms with Crippen LogP contribution >= 0.6 is 0 Å². The minimum absolute atomic E-state index is 0.218. The summed E-state index contributed by atoms with van der Waals surface area (Å²) in [5.41, 5.74) is 1.01. The number of aryl methyl sites for hydroxylation is 2. The van der Waals surface area contributed by atoms with Crippen LogP contribution in [0.5, 0.6) is 0 Å². The standard InChI is InChI=1S/C13H21FN4/c1-11-10-13(16-12(2)15-11)18-8-6-17(7-9-18)5-3-4-14/h10H,3-9H2,1-2H3. The van der Waals surface area contributed by atoms with Crippen molar-refractivity contribution in [2.24, 2.45) is 0 Å². The lowest BCUT2D eigenvalue weighted by molar-refractivity contribution is 0.244. The molecule has 1 aromatic heterocycles. The number of rotatable bonds is 4. The van der Waals surface area contributed by atoms with Crippen molar-refractivity contribution in [1.82, 2.24) is 14.9 Å². The van der Waals surface area contributed by atoms with E-state index in [4.69, 9.17) is 0 Å². The molecule has 0 N–H and O–H groups in total.